The molecule has 0 radical (unpaired) electrons. The van der Waals surface area contributed by atoms with E-state index < -0.39 is 30.1 Å². The summed E-state index contributed by atoms with van der Waals surface area (Å²) < 4.78 is 10.7. The van der Waals surface area contributed by atoms with Crippen molar-refractivity contribution >= 4 is 35.8 Å². The van der Waals surface area contributed by atoms with Gasteiger partial charge in [0.05, 0.1) is 19.3 Å². The molecule has 0 aromatic rings. The van der Waals surface area contributed by atoms with Crippen LogP contribution in [0.25, 0.3) is 0 Å². The molecule has 0 spiro atoms. The van der Waals surface area contributed by atoms with Gasteiger partial charge < -0.3 is 19.4 Å². The van der Waals surface area contributed by atoms with Gasteiger partial charge in [-0.05, 0) is 81.6 Å². The number of aldehydes is 1. The van der Waals surface area contributed by atoms with Crippen molar-refractivity contribution in [3.63, 3.8) is 0 Å². The van der Waals surface area contributed by atoms with Crippen molar-refractivity contribution in [1.29, 1.82) is 0 Å². The predicted octanol–water partition coefficient (Wildman–Crippen LogP) is 9.46. The third-order valence-electron chi connectivity index (χ3n) is 9.55. The van der Waals surface area contributed by atoms with Crippen molar-refractivity contribution < 1.29 is 43.3 Å². The Hall–Kier alpha value is -5.44. The minimum atomic E-state index is -1.09. The van der Waals surface area contributed by atoms with E-state index in [4.69, 9.17) is 14.6 Å². The molecule has 0 amide bonds. The van der Waals surface area contributed by atoms with Gasteiger partial charge in [0.1, 0.15) is 6.29 Å². The smallest absolute Gasteiger partial charge is 0.307 e. The summed E-state index contributed by atoms with van der Waals surface area (Å²) in [6.07, 6.45) is 26.9. The molecular formula is C47H58O9. The maximum Gasteiger partial charge on any atom is 0.307 e. The van der Waals surface area contributed by atoms with Crippen molar-refractivity contribution in [2.24, 2.45) is 11.3 Å². The average molecular weight is 767 g/mol. The molecule has 0 heterocycles. The molecule has 2 aliphatic rings. The van der Waals surface area contributed by atoms with E-state index in [1.54, 1.807) is 13.8 Å². The van der Waals surface area contributed by atoms with Crippen LogP contribution in [0.3, 0.4) is 0 Å². The van der Waals surface area contributed by atoms with Crippen LogP contribution in [0.1, 0.15) is 101 Å². The lowest BCUT2D eigenvalue weighted by Gasteiger charge is -2.36. The number of carbonyl (C=O) groups excluding carboxylic acids is 5. The Morgan fingerprint density at radius 3 is 1.73 bits per heavy atom. The van der Waals surface area contributed by atoms with E-state index >= 15 is 0 Å². The molecule has 3 unspecified atom stereocenters. The highest BCUT2D eigenvalue weighted by molar-refractivity contribution is 6.02. The third kappa shape index (κ3) is 15.7. The van der Waals surface area contributed by atoms with E-state index in [1.807, 2.05) is 134 Å². The highest BCUT2D eigenvalue weighted by atomic mass is 16.6. The molecule has 0 saturated heterocycles. The fourth-order valence-corrected chi connectivity index (χ4v) is 6.29. The number of Topliss-reactive ketones (excluding diaryl/α,β-unsaturated/α-hetero) is 2. The van der Waals surface area contributed by atoms with E-state index in [0.717, 1.165) is 33.4 Å². The Bertz CT molecular complexity index is 1860. The highest BCUT2D eigenvalue weighted by Gasteiger charge is 2.40. The van der Waals surface area contributed by atoms with E-state index in [2.05, 4.69) is 0 Å². The fourth-order valence-electron chi connectivity index (χ4n) is 6.29. The van der Waals surface area contributed by atoms with Gasteiger partial charge in [0.25, 0.3) is 0 Å². The average Bonchev–Trinajstić information content (AvgIpc) is 3.12. The second kappa shape index (κ2) is 22.8. The quantitative estimate of drug-likeness (QED) is 0.0820. The van der Waals surface area contributed by atoms with Crippen molar-refractivity contribution in [3.8, 4) is 0 Å². The van der Waals surface area contributed by atoms with Crippen LogP contribution in [0.2, 0.25) is 0 Å². The zero-order valence-electron chi connectivity index (χ0n) is 34.3. The lowest BCUT2D eigenvalue weighted by atomic mass is 9.71. The van der Waals surface area contributed by atoms with E-state index in [9.17, 15) is 28.8 Å². The van der Waals surface area contributed by atoms with Crippen molar-refractivity contribution in [3.05, 3.63) is 130 Å². The molecule has 0 aliphatic heterocycles. The number of aliphatic carboxylic acids is 1. The van der Waals surface area contributed by atoms with Crippen molar-refractivity contribution in [1.82, 2.24) is 0 Å². The van der Waals surface area contributed by atoms with Crippen LogP contribution in [-0.2, 0) is 38.2 Å². The van der Waals surface area contributed by atoms with Crippen LogP contribution >= 0.6 is 0 Å². The third-order valence-corrected chi connectivity index (χ3v) is 9.55. The number of allylic oxidation sites excluding steroid dienone is 20. The summed E-state index contributed by atoms with van der Waals surface area (Å²) in [7, 11) is 0. The first-order valence-corrected chi connectivity index (χ1v) is 19.0. The standard InChI is InChI=1S/C47H58O9/c1-31(17-12-19-33(3)22-24-38-35(5)29-40(45(53)36(38)6)55-44(52)27-26-42(49)50)15-10-11-16-32(2)18-13-20-34(4)23-25-39-37(7)46(54)41(30-47(39,8)9)56-43(51)21-14-28-48/h10-13,15-20,22-25,28,35,40-41H,14,21,26-27,29-30H2,1-9H3,(H,49,50)/b11-10+,17-12+,18-13+,24-22+,25-23+,31-15+,32-16+,33-19+,34-20+. The monoisotopic (exact) mass is 766 g/mol. The maximum absolute atomic E-state index is 13.0. The molecule has 0 bridgehead atoms. The SMILES string of the molecule is CC1=C(/C=C/C(C)=C/C=C/C(C)=C/C=C/C=C(C)/C=C/C=C(C)/C=C/C2=C(C)C(=O)C(OC(=O)CCC=O)CC2(C)C)C(C)CC(OC(=O)CCC(=O)O)C1=O. The summed E-state index contributed by atoms with van der Waals surface area (Å²) in [6.45, 7) is 17.5. The molecule has 56 heavy (non-hydrogen) atoms. The Balaban J connectivity index is 1.94. The largest absolute Gasteiger partial charge is 0.481 e. The number of hydrogen-bond acceptors (Lipinski definition) is 8. The van der Waals surface area contributed by atoms with Crippen LogP contribution < -0.4 is 0 Å². The molecule has 9 heteroatoms. The van der Waals surface area contributed by atoms with Crippen LogP contribution in [0.4, 0.5) is 0 Å². The van der Waals surface area contributed by atoms with Gasteiger partial charge in [-0.2, -0.15) is 0 Å². The minimum Gasteiger partial charge on any atom is -0.481 e. The summed E-state index contributed by atoms with van der Waals surface area (Å²) in [4.78, 5) is 71.1. The number of rotatable bonds is 18. The Morgan fingerprint density at radius 1 is 0.696 bits per heavy atom. The van der Waals surface area contributed by atoms with Gasteiger partial charge in [-0.15, -0.1) is 0 Å². The predicted molar refractivity (Wildman–Crippen MR) is 220 cm³/mol. The Labute approximate surface area is 332 Å². The second-order valence-electron chi connectivity index (χ2n) is 15.0. The first kappa shape index (κ1) is 46.7. The topological polar surface area (TPSA) is 141 Å². The first-order chi connectivity index (χ1) is 26.4. The number of carboxylic acids is 1. The summed E-state index contributed by atoms with van der Waals surface area (Å²) in [5, 5.41) is 8.77. The van der Waals surface area contributed by atoms with Gasteiger partial charge in [0, 0.05) is 12.8 Å². The van der Waals surface area contributed by atoms with Gasteiger partial charge in [-0.1, -0.05) is 128 Å². The molecular weight excluding hydrogens is 709 g/mol. The molecule has 2 rings (SSSR count). The van der Waals surface area contributed by atoms with E-state index in [-0.39, 0.29) is 48.6 Å². The minimum absolute atomic E-state index is 0.00720. The maximum atomic E-state index is 13.0. The lowest BCUT2D eigenvalue weighted by molar-refractivity contribution is -0.156. The van der Waals surface area contributed by atoms with Gasteiger partial charge in [0.2, 0.25) is 0 Å². The number of carboxylic acid groups (broad SMARTS) is 1. The molecule has 2 aliphatic carbocycles. The molecule has 9 nitrogen and oxygen atoms in total. The summed E-state index contributed by atoms with van der Waals surface area (Å²) in [5.74, 6) is -2.76. The van der Waals surface area contributed by atoms with Crippen LogP contribution in [0.15, 0.2) is 130 Å². The molecule has 3 atom stereocenters. The van der Waals surface area contributed by atoms with Crippen LogP contribution in [0.5, 0.6) is 0 Å². The van der Waals surface area contributed by atoms with E-state index in [0.29, 0.717) is 30.3 Å². The van der Waals surface area contributed by atoms with Crippen molar-refractivity contribution in [2.75, 3.05) is 0 Å². The first-order valence-electron chi connectivity index (χ1n) is 19.0. The fraction of sp³-hybridized carbons (Fsp3) is 0.404. The molecule has 0 aromatic carbocycles. The Kier molecular flexibility index (Phi) is 19.0. The van der Waals surface area contributed by atoms with Gasteiger partial charge in [-0.3, -0.25) is 24.0 Å². The molecule has 0 aromatic heterocycles. The summed E-state index contributed by atoms with van der Waals surface area (Å²) >= 11 is 0. The second-order valence-corrected chi connectivity index (χ2v) is 15.0. The summed E-state index contributed by atoms with van der Waals surface area (Å²) in [5.41, 5.74) is 6.69. The number of esters is 2. The molecule has 0 saturated carbocycles. The molecule has 1 N–H and O–H groups in total. The zero-order valence-corrected chi connectivity index (χ0v) is 34.3. The molecule has 0 fully saturated rings. The lowest BCUT2D eigenvalue weighted by Crippen LogP contribution is -2.39. The highest BCUT2D eigenvalue weighted by Crippen LogP contribution is 2.41. The number of ether oxygens (including phenoxy) is 2. The normalized spacial score (nSPS) is 21.8. The van der Waals surface area contributed by atoms with Gasteiger partial charge in [-0.25, -0.2) is 0 Å². The molecule has 300 valence electrons. The van der Waals surface area contributed by atoms with Gasteiger partial charge in [0.15, 0.2) is 23.8 Å². The number of hydrogen-bond donors (Lipinski definition) is 1. The van der Waals surface area contributed by atoms with Crippen molar-refractivity contribution in [2.45, 2.75) is 113 Å². The number of carbonyl (C=O) groups is 6. The van der Waals surface area contributed by atoms with Gasteiger partial charge >= 0.3 is 17.9 Å². The zero-order chi connectivity index (χ0) is 42.0. The summed E-state index contributed by atoms with van der Waals surface area (Å²) in [6, 6.07) is 0. The van der Waals surface area contributed by atoms with Crippen LogP contribution in [0, 0.1) is 11.3 Å². The van der Waals surface area contributed by atoms with E-state index in [1.165, 1.54) is 0 Å². The van der Waals surface area contributed by atoms with Crippen LogP contribution in [-0.4, -0.2) is 53.1 Å². The Morgan fingerprint density at radius 2 is 1.18 bits per heavy atom. The number of ketones is 2.